The van der Waals surface area contributed by atoms with E-state index in [-0.39, 0.29) is 18.4 Å². The molecule has 5 rings (SSSR count). The van der Waals surface area contributed by atoms with Gasteiger partial charge in [0.1, 0.15) is 0 Å². The number of ether oxygens (including phenoxy) is 1. The third-order valence-electron chi connectivity index (χ3n) is 6.79. The summed E-state index contributed by atoms with van der Waals surface area (Å²) < 4.78 is 4.79. The first kappa shape index (κ1) is 22.1. The van der Waals surface area contributed by atoms with Crippen LogP contribution in [0.15, 0.2) is 47.5 Å². The molecule has 0 radical (unpaired) electrons. The van der Waals surface area contributed by atoms with Gasteiger partial charge in [-0.15, -0.1) is 0 Å². The molecule has 3 heterocycles. The van der Waals surface area contributed by atoms with E-state index in [2.05, 4.69) is 34.5 Å². The number of fused-ring (bicyclic) bond motifs is 2. The second-order valence-corrected chi connectivity index (χ2v) is 8.80. The minimum absolute atomic E-state index is 0.251. The third-order valence-corrected chi connectivity index (χ3v) is 6.79. The number of methoxy groups -OCH3 is 1. The first-order valence-corrected chi connectivity index (χ1v) is 11.4. The summed E-state index contributed by atoms with van der Waals surface area (Å²) in [5, 5.41) is 4.72. The van der Waals surface area contributed by atoms with Crippen LogP contribution in [0.2, 0.25) is 0 Å². The van der Waals surface area contributed by atoms with Gasteiger partial charge in [0.05, 0.1) is 13.7 Å². The lowest BCUT2D eigenvalue weighted by atomic mass is 10.0. The van der Waals surface area contributed by atoms with E-state index < -0.39 is 18.2 Å². The number of imide groups is 1. The lowest BCUT2D eigenvalue weighted by Gasteiger charge is -2.40. The molecule has 178 valence electrons. The van der Waals surface area contributed by atoms with Crippen molar-refractivity contribution in [1.29, 1.82) is 0 Å². The molecule has 2 fully saturated rings. The molecule has 2 aromatic rings. The number of aliphatic imine (C=N–C) groups is 1. The van der Waals surface area contributed by atoms with Crippen LogP contribution in [0.25, 0.3) is 10.8 Å². The summed E-state index contributed by atoms with van der Waals surface area (Å²) in [6.45, 7) is 3.39. The zero-order valence-corrected chi connectivity index (χ0v) is 19.3. The van der Waals surface area contributed by atoms with Crippen molar-refractivity contribution in [2.75, 3.05) is 46.9 Å². The molecule has 2 saturated heterocycles. The van der Waals surface area contributed by atoms with E-state index in [1.807, 2.05) is 28.0 Å². The highest BCUT2D eigenvalue weighted by Crippen LogP contribution is 2.29. The predicted molar refractivity (Wildman–Crippen MR) is 126 cm³/mol. The summed E-state index contributed by atoms with van der Waals surface area (Å²) in [5.74, 6) is 0.112. The van der Waals surface area contributed by atoms with Gasteiger partial charge in [0.2, 0.25) is 0 Å². The summed E-state index contributed by atoms with van der Waals surface area (Å²) in [6, 6.07) is 13.3. The molecule has 10 heteroatoms. The second-order valence-electron chi connectivity index (χ2n) is 8.80. The predicted octanol–water partition coefficient (Wildman–Crippen LogP) is 0.678. The number of guanidine groups is 1. The van der Waals surface area contributed by atoms with Crippen LogP contribution in [0.1, 0.15) is 5.56 Å². The van der Waals surface area contributed by atoms with E-state index >= 15 is 0 Å². The van der Waals surface area contributed by atoms with E-state index in [0.717, 1.165) is 16.3 Å². The Hall–Kier alpha value is -3.66. The number of nitrogens with one attached hydrogen (secondary N) is 1. The van der Waals surface area contributed by atoms with Crippen molar-refractivity contribution in [3.63, 3.8) is 0 Å². The van der Waals surface area contributed by atoms with Crippen molar-refractivity contribution in [1.82, 2.24) is 24.9 Å². The SMILES string of the molecule is COC(=O)CN1CCN(C2=NC3C(C(=O)NC(=O)N3C)N2Cc2cccc3ccccc23)CC1. The molecule has 1 N–H and O–H groups in total. The first-order chi connectivity index (χ1) is 16.5. The second kappa shape index (κ2) is 8.94. The van der Waals surface area contributed by atoms with Crippen molar-refractivity contribution >= 4 is 34.6 Å². The van der Waals surface area contributed by atoms with Gasteiger partial charge in [-0.25, -0.2) is 9.79 Å². The molecule has 3 amide bonds. The number of carbonyl (C=O) groups excluding carboxylic acids is 3. The van der Waals surface area contributed by atoms with Crippen molar-refractivity contribution in [2.24, 2.45) is 4.99 Å². The Kier molecular flexibility index (Phi) is 5.82. The maximum absolute atomic E-state index is 13.0. The highest BCUT2D eigenvalue weighted by molar-refractivity contribution is 6.03. The number of esters is 1. The van der Waals surface area contributed by atoms with Crippen LogP contribution in [-0.4, -0.2) is 103 Å². The van der Waals surface area contributed by atoms with Crippen molar-refractivity contribution < 1.29 is 19.1 Å². The number of benzene rings is 2. The van der Waals surface area contributed by atoms with Gasteiger partial charge >= 0.3 is 12.0 Å². The minimum atomic E-state index is -0.607. The van der Waals surface area contributed by atoms with Crippen LogP contribution in [0.3, 0.4) is 0 Å². The van der Waals surface area contributed by atoms with Crippen molar-refractivity contribution in [3.8, 4) is 0 Å². The molecule has 2 atom stereocenters. The van der Waals surface area contributed by atoms with Crippen molar-refractivity contribution in [2.45, 2.75) is 18.8 Å². The Morgan fingerprint density at radius 3 is 2.59 bits per heavy atom. The number of carbonyl (C=O) groups is 3. The molecule has 0 spiro atoms. The fourth-order valence-electron chi connectivity index (χ4n) is 4.91. The fourth-order valence-corrected chi connectivity index (χ4v) is 4.91. The largest absolute Gasteiger partial charge is 0.468 e. The molecule has 0 saturated carbocycles. The maximum Gasteiger partial charge on any atom is 0.325 e. The van der Waals surface area contributed by atoms with Gasteiger partial charge in [0.15, 0.2) is 18.2 Å². The van der Waals surface area contributed by atoms with Crippen LogP contribution < -0.4 is 5.32 Å². The van der Waals surface area contributed by atoms with Gasteiger partial charge in [-0.1, -0.05) is 42.5 Å². The zero-order chi connectivity index (χ0) is 23.8. The Morgan fingerprint density at radius 1 is 1.09 bits per heavy atom. The number of hydrogen-bond acceptors (Lipinski definition) is 8. The minimum Gasteiger partial charge on any atom is -0.468 e. The topological polar surface area (TPSA) is 97.8 Å². The molecule has 0 aliphatic carbocycles. The van der Waals surface area contributed by atoms with Crippen LogP contribution in [0, 0.1) is 0 Å². The summed E-state index contributed by atoms with van der Waals surface area (Å²) in [7, 11) is 3.05. The number of hydrogen-bond donors (Lipinski definition) is 1. The molecule has 3 aliphatic rings. The van der Waals surface area contributed by atoms with Gasteiger partial charge in [-0.3, -0.25) is 19.8 Å². The van der Waals surface area contributed by atoms with Gasteiger partial charge in [0, 0.05) is 39.8 Å². The summed E-state index contributed by atoms with van der Waals surface area (Å²) in [5.41, 5.74) is 1.09. The van der Waals surface area contributed by atoms with Crippen LogP contribution in [0.5, 0.6) is 0 Å². The van der Waals surface area contributed by atoms with Gasteiger partial charge in [-0.2, -0.15) is 0 Å². The van der Waals surface area contributed by atoms with Crippen LogP contribution in [0.4, 0.5) is 4.79 Å². The lowest BCUT2D eigenvalue weighted by molar-refractivity contribution is -0.142. The number of likely N-dealkylation sites (N-methyl/N-ethyl adjacent to an activating group) is 1. The quantitative estimate of drug-likeness (QED) is 0.665. The first-order valence-electron chi connectivity index (χ1n) is 11.4. The molecular weight excluding hydrogens is 436 g/mol. The summed E-state index contributed by atoms with van der Waals surface area (Å²) in [4.78, 5) is 49.5. The van der Waals surface area contributed by atoms with Crippen LogP contribution >= 0.6 is 0 Å². The summed E-state index contributed by atoms with van der Waals surface area (Å²) >= 11 is 0. The standard InChI is InChI=1S/C24H28N6O4/c1-27-21-20(22(32)26-24(27)33)30(14-17-8-5-7-16-6-3-4-9-18(16)17)23(25-21)29-12-10-28(11-13-29)15-19(31)34-2/h3-9,20-21H,10-15H2,1-2H3,(H,26,32,33). The number of amides is 3. The molecule has 3 aliphatic heterocycles. The maximum atomic E-state index is 13.0. The number of piperazine rings is 1. The smallest absolute Gasteiger partial charge is 0.325 e. The molecule has 34 heavy (non-hydrogen) atoms. The van der Waals surface area contributed by atoms with E-state index in [9.17, 15) is 14.4 Å². The molecular formula is C24H28N6O4. The average Bonchev–Trinajstić information content (AvgIpc) is 3.23. The average molecular weight is 465 g/mol. The highest BCUT2D eigenvalue weighted by atomic mass is 16.5. The normalized spacial score (nSPS) is 23.1. The summed E-state index contributed by atoms with van der Waals surface area (Å²) in [6.07, 6.45) is -0.584. The molecule has 0 bridgehead atoms. The zero-order valence-electron chi connectivity index (χ0n) is 19.3. The van der Waals surface area contributed by atoms with E-state index in [0.29, 0.717) is 38.7 Å². The lowest BCUT2D eigenvalue weighted by Crippen LogP contribution is -2.64. The fraction of sp³-hybridized carbons (Fsp3) is 0.417. The van der Waals surface area contributed by atoms with E-state index in [1.165, 1.54) is 12.0 Å². The molecule has 2 aromatic carbocycles. The third kappa shape index (κ3) is 3.94. The number of nitrogens with zero attached hydrogens (tertiary/aromatic N) is 5. The van der Waals surface area contributed by atoms with Gasteiger partial charge in [-0.05, 0) is 16.3 Å². The van der Waals surface area contributed by atoms with E-state index in [1.54, 1.807) is 7.05 Å². The monoisotopic (exact) mass is 464 g/mol. The number of rotatable bonds is 4. The number of urea groups is 1. The Labute approximate surface area is 197 Å². The van der Waals surface area contributed by atoms with Crippen molar-refractivity contribution in [3.05, 3.63) is 48.0 Å². The molecule has 0 aromatic heterocycles. The molecule has 2 unspecified atom stereocenters. The Bertz CT molecular complexity index is 1150. The Balaban J connectivity index is 1.44. The highest BCUT2D eigenvalue weighted by Gasteiger charge is 2.50. The van der Waals surface area contributed by atoms with Crippen LogP contribution in [-0.2, 0) is 20.9 Å². The van der Waals surface area contributed by atoms with E-state index in [4.69, 9.17) is 9.73 Å². The van der Waals surface area contributed by atoms with Gasteiger partial charge in [0.25, 0.3) is 5.91 Å². The van der Waals surface area contributed by atoms with Gasteiger partial charge < -0.3 is 19.4 Å². The molecule has 10 nitrogen and oxygen atoms in total. The Morgan fingerprint density at radius 2 is 1.82 bits per heavy atom.